The molecule has 2 amide bonds. The van der Waals surface area contributed by atoms with Crippen molar-refractivity contribution in [2.45, 2.75) is 26.2 Å². The van der Waals surface area contributed by atoms with E-state index in [4.69, 9.17) is 16.3 Å². The number of carbonyl (C=O) groups excluding carboxylic acids is 3. The second-order valence-electron chi connectivity index (χ2n) is 7.43. The zero-order chi connectivity index (χ0) is 27.3. The number of anilines is 1. The first kappa shape index (κ1) is 27.6. The molecule has 37 heavy (non-hydrogen) atoms. The van der Waals surface area contributed by atoms with Crippen LogP contribution in [0.25, 0.3) is 0 Å². The van der Waals surface area contributed by atoms with E-state index < -0.39 is 40.9 Å². The number of amides is 2. The van der Waals surface area contributed by atoms with Crippen LogP contribution in [-0.4, -0.2) is 33.9 Å². The van der Waals surface area contributed by atoms with Gasteiger partial charge >= 0.3 is 12.1 Å². The number of alkyl halides is 3. The van der Waals surface area contributed by atoms with E-state index in [1.165, 1.54) is 28.8 Å². The van der Waals surface area contributed by atoms with Gasteiger partial charge in [-0.1, -0.05) is 11.6 Å². The Balaban J connectivity index is 0.000000405. The second kappa shape index (κ2) is 11.4. The van der Waals surface area contributed by atoms with Crippen molar-refractivity contribution in [3.05, 3.63) is 81.8 Å². The minimum absolute atomic E-state index is 0.0401. The zero-order valence-corrected chi connectivity index (χ0v) is 19.7. The fourth-order valence-electron chi connectivity index (χ4n) is 3.16. The van der Waals surface area contributed by atoms with Gasteiger partial charge in [-0.2, -0.15) is 13.2 Å². The minimum atomic E-state index is -4.84. The lowest BCUT2D eigenvalue weighted by atomic mass is 10.1. The number of aromatic nitrogens is 2. The Morgan fingerprint density at radius 3 is 2.41 bits per heavy atom. The lowest BCUT2D eigenvalue weighted by Crippen LogP contribution is -2.35. The normalized spacial score (nSPS) is 12.6. The SMILES string of the molecule is CCOC(=O)c1nc(NC(=O)c2cc(F)cc(C(F)(F)F)c2)c2n1CC(=O)NC2.Fc1ccc(Cl)cc1. The fraction of sp³-hybridized carbons (Fsp3) is 0.217. The molecule has 4 rings (SSSR count). The maximum absolute atomic E-state index is 13.6. The van der Waals surface area contributed by atoms with Crippen LogP contribution in [0.1, 0.15) is 39.2 Å². The van der Waals surface area contributed by atoms with Gasteiger partial charge in [-0.15, -0.1) is 0 Å². The molecule has 8 nitrogen and oxygen atoms in total. The third kappa shape index (κ3) is 7.03. The van der Waals surface area contributed by atoms with Crippen molar-refractivity contribution in [3.8, 4) is 0 Å². The number of rotatable bonds is 4. The molecule has 2 aromatic carbocycles. The van der Waals surface area contributed by atoms with E-state index >= 15 is 0 Å². The molecule has 1 aliphatic heterocycles. The zero-order valence-electron chi connectivity index (χ0n) is 19.0. The summed E-state index contributed by atoms with van der Waals surface area (Å²) in [6.45, 7) is 1.26. The van der Waals surface area contributed by atoms with Gasteiger partial charge in [0.1, 0.15) is 18.2 Å². The molecule has 3 aromatic rings. The highest BCUT2D eigenvalue weighted by Gasteiger charge is 2.33. The van der Waals surface area contributed by atoms with Crippen LogP contribution < -0.4 is 10.6 Å². The van der Waals surface area contributed by atoms with Crippen molar-refractivity contribution in [2.24, 2.45) is 0 Å². The average molecular weight is 545 g/mol. The first-order chi connectivity index (χ1) is 17.4. The van der Waals surface area contributed by atoms with E-state index in [0.29, 0.717) is 17.2 Å². The number of esters is 1. The third-order valence-electron chi connectivity index (χ3n) is 4.81. The number of hydrogen-bond acceptors (Lipinski definition) is 5. The molecule has 0 unspecified atom stereocenters. The summed E-state index contributed by atoms with van der Waals surface area (Å²) in [5, 5.41) is 5.32. The molecule has 0 saturated carbocycles. The number of nitrogens with one attached hydrogen (secondary N) is 2. The van der Waals surface area contributed by atoms with Crippen molar-refractivity contribution in [2.75, 3.05) is 11.9 Å². The summed E-state index contributed by atoms with van der Waals surface area (Å²) in [6, 6.07) is 7.07. The van der Waals surface area contributed by atoms with Crippen LogP contribution in [0.3, 0.4) is 0 Å². The van der Waals surface area contributed by atoms with E-state index in [1.54, 1.807) is 6.92 Å². The molecule has 1 aliphatic rings. The minimum Gasteiger partial charge on any atom is -0.460 e. The van der Waals surface area contributed by atoms with E-state index in [0.717, 1.165) is 0 Å². The molecular formula is C23H18ClF5N4O4. The van der Waals surface area contributed by atoms with Gasteiger partial charge < -0.3 is 19.9 Å². The van der Waals surface area contributed by atoms with Crippen LogP contribution in [0.2, 0.25) is 5.02 Å². The number of ether oxygens (including phenoxy) is 1. The van der Waals surface area contributed by atoms with Crippen LogP contribution in [0, 0.1) is 11.6 Å². The molecular weight excluding hydrogens is 527 g/mol. The van der Waals surface area contributed by atoms with Crippen molar-refractivity contribution >= 4 is 35.2 Å². The molecule has 0 radical (unpaired) electrons. The third-order valence-corrected chi connectivity index (χ3v) is 5.06. The van der Waals surface area contributed by atoms with Gasteiger partial charge in [0.05, 0.1) is 24.4 Å². The number of hydrogen-bond donors (Lipinski definition) is 2. The van der Waals surface area contributed by atoms with Crippen molar-refractivity contribution in [1.29, 1.82) is 0 Å². The van der Waals surface area contributed by atoms with Crippen LogP contribution in [0.15, 0.2) is 42.5 Å². The molecule has 196 valence electrons. The summed E-state index contributed by atoms with van der Waals surface area (Å²) in [7, 11) is 0. The average Bonchev–Trinajstić information content (AvgIpc) is 3.18. The number of halogens is 6. The summed E-state index contributed by atoms with van der Waals surface area (Å²) in [5.74, 6) is -4.21. The van der Waals surface area contributed by atoms with Gasteiger partial charge in [0.15, 0.2) is 5.82 Å². The first-order valence-electron chi connectivity index (χ1n) is 10.5. The Labute approximate surface area is 211 Å². The van der Waals surface area contributed by atoms with Gasteiger partial charge in [0.2, 0.25) is 11.7 Å². The Hall–Kier alpha value is -4.00. The van der Waals surface area contributed by atoms with E-state index in [9.17, 15) is 36.3 Å². The Morgan fingerprint density at radius 1 is 1.14 bits per heavy atom. The van der Waals surface area contributed by atoms with Crippen LogP contribution in [0.5, 0.6) is 0 Å². The van der Waals surface area contributed by atoms with Crippen LogP contribution in [-0.2, 0) is 28.8 Å². The second-order valence-corrected chi connectivity index (χ2v) is 7.87. The fourth-order valence-corrected chi connectivity index (χ4v) is 3.29. The van der Waals surface area contributed by atoms with E-state index in [2.05, 4.69) is 15.6 Å². The number of carbonyl (C=O) groups is 3. The maximum Gasteiger partial charge on any atom is 0.416 e. The van der Waals surface area contributed by atoms with Gasteiger partial charge in [-0.05, 0) is 49.4 Å². The quantitative estimate of drug-likeness (QED) is 0.370. The summed E-state index contributed by atoms with van der Waals surface area (Å²) >= 11 is 5.44. The molecule has 0 saturated heterocycles. The van der Waals surface area contributed by atoms with Crippen molar-refractivity contribution < 1.29 is 41.1 Å². The summed E-state index contributed by atoms with van der Waals surface area (Å²) in [4.78, 5) is 40.1. The standard InChI is InChI=1S/C17H14F4N4O4.C6H4ClF/c1-2-29-16(28)14-23-13(11-6-22-12(26)7-25(11)14)24-15(27)8-3-9(17(19,20)21)5-10(18)4-8;7-5-1-3-6(8)4-2-5/h3-5H,2,6-7H2,1H3,(H,22,26)(H,24,27);1-4H. The smallest absolute Gasteiger partial charge is 0.416 e. The monoisotopic (exact) mass is 544 g/mol. The number of fused-ring (bicyclic) bond motifs is 1. The topological polar surface area (TPSA) is 102 Å². The van der Waals surface area contributed by atoms with Gasteiger partial charge in [-0.3, -0.25) is 9.59 Å². The Bertz CT molecular complexity index is 1300. The molecule has 2 N–H and O–H groups in total. The molecule has 0 aliphatic carbocycles. The molecule has 0 bridgehead atoms. The first-order valence-corrected chi connectivity index (χ1v) is 10.9. The highest BCUT2D eigenvalue weighted by atomic mass is 35.5. The van der Waals surface area contributed by atoms with Crippen molar-refractivity contribution in [3.63, 3.8) is 0 Å². The number of benzene rings is 2. The van der Waals surface area contributed by atoms with E-state index in [1.807, 2.05) is 0 Å². The number of imidazole rings is 1. The van der Waals surface area contributed by atoms with Crippen LogP contribution >= 0.6 is 11.6 Å². The largest absolute Gasteiger partial charge is 0.460 e. The van der Waals surface area contributed by atoms with Gasteiger partial charge in [0.25, 0.3) is 5.91 Å². The summed E-state index contributed by atoms with van der Waals surface area (Å²) in [5.41, 5.74) is -1.67. The summed E-state index contributed by atoms with van der Waals surface area (Å²) < 4.78 is 70.3. The Kier molecular flexibility index (Phi) is 8.48. The van der Waals surface area contributed by atoms with Gasteiger partial charge in [0, 0.05) is 10.6 Å². The highest BCUT2D eigenvalue weighted by Crippen LogP contribution is 2.31. The lowest BCUT2D eigenvalue weighted by Gasteiger charge is -2.17. The van der Waals surface area contributed by atoms with Crippen LogP contribution in [0.4, 0.5) is 27.8 Å². The van der Waals surface area contributed by atoms with Gasteiger partial charge in [-0.25, -0.2) is 18.6 Å². The van der Waals surface area contributed by atoms with Crippen molar-refractivity contribution in [1.82, 2.24) is 14.9 Å². The maximum atomic E-state index is 13.6. The predicted octanol–water partition coefficient (Wildman–Crippen LogP) is 4.58. The molecule has 0 fully saturated rings. The number of nitrogens with zero attached hydrogens (tertiary/aromatic N) is 2. The molecule has 0 spiro atoms. The molecule has 0 atom stereocenters. The molecule has 2 heterocycles. The molecule has 14 heteroatoms. The molecule has 1 aromatic heterocycles. The summed E-state index contributed by atoms with van der Waals surface area (Å²) in [6.07, 6.45) is -4.84. The van der Waals surface area contributed by atoms with E-state index in [-0.39, 0.29) is 48.9 Å². The highest BCUT2D eigenvalue weighted by molar-refractivity contribution is 6.30. The lowest BCUT2D eigenvalue weighted by molar-refractivity contribution is -0.137. The Morgan fingerprint density at radius 2 is 1.81 bits per heavy atom. The predicted molar refractivity (Wildman–Crippen MR) is 121 cm³/mol.